The number of anilines is 1. The zero-order valence-corrected chi connectivity index (χ0v) is 11.3. The van der Waals surface area contributed by atoms with Gasteiger partial charge in [-0.2, -0.15) is 0 Å². The third-order valence-electron chi connectivity index (χ3n) is 2.74. The Labute approximate surface area is 109 Å². The lowest BCUT2D eigenvalue weighted by molar-refractivity contribution is -0.132. The molecule has 0 aromatic heterocycles. The zero-order chi connectivity index (χ0) is 13.5. The van der Waals surface area contributed by atoms with Gasteiger partial charge in [0.05, 0.1) is 5.69 Å². The van der Waals surface area contributed by atoms with Crippen LogP contribution in [0.3, 0.4) is 0 Å². The third-order valence-corrected chi connectivity index (χ3v) is 2.74. The second kappa shape index (κ2) is 6.89. The summed E-state index contributed by atoms with van der Waals surface area (Å²) < 4.78 is 5.41. The fourth-order valence-electron chi connectivity index (χ4n) is 1.44. The molecule has 0 heterocycles. The molecule has 0 bridgehead atoms. The minimum atomic E-state index is -0.0288. The van der Waals surface area contributed by atoms with Crippen molar-refractivity contribution in [2.24, 2.45) is 5.92 Å². The molecule has 0 aliphatic heterocycles. The molecule has 0 fully saturated rings. The summed E-state index contributed by atoms with van der Waals surface area (Å²) in [4.78, 5) is 13.5. The SMILES string of the molecule is CC(C)CCN(C)C(=O)COc1ccccc1N. The minimum absolute atomic E-state index is 0.0288. The van der Waals surface area contributed by atoms with E-state index in [9.17, 15) is 4.79 Å². The fraction of sp³-hybridized carbons (Fsp3) is 0.500. The van der Waals surface area contributed by atoms with Crippen molar-refractivity contribution >= 4 is 11.6 Å². The molecule has 4 heteroatoms. The van der Waals surface area contributed by atoms with Gasteiger partial charge in [-0.15, -0.1) is 0 Å². The summed E-state index contributed by atoms with van der Waals surface area (Å²) in [7, 11) is 1.79. The van der Waals surface area contributed by atoms with Gasteiger partial charge in [-0.25, -0.2) is 0 Å². The Balaban J connectivity index is 2.39. The molecule has 100 valence electrons. The van der Waals surface area contributed by atoms with Crippen LogP contribution < -0.4 is 10.5 Å². The number of nitrogen functional groups attached to an aromatic ring is 1. The second-order valence-corrected chi connectivity index (χ2v) is 4.82. The van der Waals surface area contributed by atoms with Gasteiger partial charge >= 0.3 is 0 Å². The van der Waals surface area contributed by atoms with Crippen molar-refractivity contribution in [2.45, 2.75) is 20.3 Å². The van der Waals surface area contributed by atoms with E-state index < -0.39 is 0 Å². The lowest BCUT2D eigenvalue weighted by atomic mass is 10.1. The molecule has 0 spiro atoms. The van der Waals surface area contributed by atoms with Crippen LogP contribution in [0.2, 0.25) is 0 Å². The van der Waals surface area contributed by atoms with Crippen LogP contribution in [0.5, 0.6) is 5.75 Å². The molecule has 1 aromatic rings. The van der Waals surface area contributed by atoms with Crippen LogP contribution in [0.1, 0.15) is 20.3 Å². The number of hydrogen-bond donors (Lipinski definition) is 1. The van der Waals surface area contributed by atoms with Gasteiger partial charge in [-0.3, -0.25) is 4.79 Å². The van der Waals surface area contributed by atoms with Gasteiger partial charge in [0.2, 0.25) is 0 Å². The quantitative estimate of drug-likeness (QED) is 0.787. The van der Waals surface area contributed by atoms with Crippen molar-refractivity contribution in [3.05, 3.63) is 24.3 Å². The fourth-order valence-corrected chi connectivity index (χ4v) is 1.44. The number of nitrogens with two attached hydrogens (primary N) is 1. The lowest BCUT2D eigenvalue weighted by Gasteiger charge is -2.18. The van der Waals surface area contributed by atoms with Gasteiger partial charge < -0.3 is 15.4 Å². The van der Waals surface area contributed by atoms with Crippen molar-refractivity contribution in [3.8, 4) is 5.75 Å². The van der Waals surface area contributed by atoms with E-state index in [1.165, 1.54) is 0 Å². The smallest absolute Gasteiger partial charge is 0.260 e. The molecule has 1 aromatic carbocycles. The van der Waals surface area contributed by atoms with Crippen LogP contribution in [0.25, 0.3) is 0 Å². The van der Waals surface area contributed by atoms with E-state index in [0.717, 1.165) is 13.0 Å². The van der Waals surface area contributed by atoms with Crippen LogP contribution in [0.15, 0.2) is 24.3 Å². The summed E-state index contributed by atoms with van der Waals surface area (Å²) in [6.45, 7) is 5.06. The topological polar surface area (TPSA) is 55.6 Å². The number of benzene rings is 1. The van der Waals surface area contributed by atoms with E-state index in [1.54, 1.807) is 24.1 Å². The van der Waals surface area contributed by atoms with E-state index >= 15 is 0 Å². The van der Waals surface area contributed by atoms with Crippen molar-refractivity contribution in [2.75, 3.05) is 25.9 Å². The van der Waals surface area contributed by atoms with E-state index in [0.29, 0.717) is 17.4 Å². The van der Waals surface area contributed by atoms with Crippen LogP contribution in [0.4, 0.5) is 5.69 Å². The number of rotatable bonds is 6. The number of hydrogen-bond acceptors (Lipinski definition) is 3. The molecule has 0 saturated heterocycles. The third kappa shape index (κ3) is 4.65. The van der Waals surface area contributed by atoms with Crippen LogP contribution >= 0.6 is 0 Å². The predicted molar refractivity (Wildman–Crippen MR) is 73.4 cm³/mol. The summed E-state index contributed by atoms with van der Waals surface area (Å²) in [5.74, 6) is 1.12. The maximum absolute atomic E-state index is 11.8. The Morgan fingerprint density at radius 3 is 2.67 bits per heavy atom. The number of carbonyl (C=O) groups excluding carboxylic acids is 1. The van der Waals surface area contributed by atoms with E-state index in [2.05, 4.69) is 13.8 Å². The van der Waals surface area contributed by atoms with E-state index in [4.69, 9.17) is 10.5 Å². The summed E-state index contributed by atoms with van der Waals surface area (Å²) in [6.07, 6.45) is 0.996. The molecular weight excluding hydrogens is 228 g/mol. The maximum Gasteiger partial charge on any atom is 0.260 e. The summed E-state index contributed by atoms with van der Waals surface area (Å²) in [6, 6.07) is 7.18. The number of para-hydroxylation sites is 2. The molecule has 18 heavy (non-hydrogen) atoms. The number of amides is 1. The second-order valence-electron chi connectivity index (χ2n) is 4.82. The lowest BCUT2D eigenvalue weighted by Crippen LogP contribution is -2.32. The number of carbonyl (C=O) groups is 1. The molecule has 0 aliphatic carbocycles. The highest BCUT2D eigenvalue weighted by Crippen LogP contribution is 2.19. The number of ether oxygens (including phenoxy) is 1. The average molecular weight is 250 g/mol. The molecule has 2 N–H and O–H groups in total. The highest BCUT2D eigenvalue weighted by Gasteiger charge is 2.10. The first-order valence-electron chi connectivity index (χ1n) is 6.22. The molecule has 1 amide bonds. The Bertz CT molecular complexity index is 391. The summed E-state index contributed by atoms with van der Waals surface area (Å²) in [5.41, 5.74) is 6.28. The van der Waals surface area contributed by atoms with Crippen LogP contribution in [-0.4, -0.2) is 31.0 Å². The Morgan fingerprint density at radius 2 is 2.06 bits per heavy atom. The molecule has 0 radical (unpaired) electrons. The maximum atomic E-state index is 11.8. The Hall–Kier alpha value is -1.71. The Kier molecular flexibility index (Phi) is 5.49. The van der Waals surface area contributed by atoms with Crippen LogP contribution in [-0.2, 0) is 4.79 Å². The summed E-state index contributed by atoms with van der Waals surface area (Å²) in [5, 5.41) is 0. The van der Waals surface area contributed by atoms with Crippen molar-refractivity contribution in [3.63, 3.8) is 0 Å². The van der Waals surface area contributed by atoms with Gasteiger partial charge in [0.25, 0.3) is 5.91 Å². The molecular formula is C14H22N2O2. The van der Waals surface area contributed by atoms with E-state index in [1.807, 2.05) is 12.1 Å². The normalized spacial score (nSPS) is 10.4. The first-order valence-corrected chi connectivity index (χ1v) is 6.22. The molecule has 0 aliphatic rings. The van der Waals surface area contributed by atoms with Crippen molar-refractivity contribution < 1.29 is 9.53 Å². The van der Waals surface area contributed by atoms with Gasteiger partial charge in [0.1, 0.15) is 5.75 Å². The monoisotopic (exact) mass is 250 g/mol. The largest absolute Gasteiger partial charge is 0.482 e. The van der Waals surface area contributed by atoms with Gasteiger partial charge in [-0.05, 0) is 24.5 Å². The molecule has 0 saturated carbocycles. The van der Waals surface area contributed by atoms with E-state index in [-0.39, 0.29) is 12.5 Å². The molecule has 0 unspecified atom stereocenters. The van der Waals surface area contributed by atoms with Gasteiger partial charge in [0, 0.05) is 13.6 Å². The standard InChI is InChI=1S/C14H22N2O2/c1-11(2)8-9-16(3)14(17)10-18-13-7-5-4-6-12(13)15/h4-7,11H,8-10,15H2,1-3H3. The van der Waals surface area contributed by atoms with Gasteiger partial charge in [0.15, 0.2) is 6.61 Å². The zero-order valence-electron chi connectivity index (χ0n) is 11.3. The highest BCUT2D eigenvalue weighted by atomic mass is 16.5. The summed E-state index contributed by atoms with van der Waals surface area (Å²) >= 11 is 0. The molecule has 4 nitrogen and oxygen atoms in total. The average Bonchev–Trinajstić information content (AvgIpc) is 2.34. The number of likely N-dealkylation sites (N-methyl/N-ethyl adjacent to an activating group) is 1. The number of nitrogens with zero attached hydrogens (tertiary/aromatic N) is 1. The molecule has 1 rings (SSSR count). The first-order chi connectivity index (χ1) is 8.50. The van der Waals surface area contributed by atoms with Crippen LogP contribution in [0, 0.1) is 5.92 Å². The predicted octanol–water partition coefficient (Wildman–Crippen LogP) is 2.15. The molecule has 0 atom stereocenters. The van der Waals surface area contributed by atoms with Crippen molar-refractivity contribution in [1.82, 2.24) is 4.90 Å². The van der Waals surface area contributed by atoms with Gasteiger partial charge in [-0.1, -0.05) is 26.0 Å². The minimum Gasteiger partial charge on any atom is -0.482 e. The van der Waals surface area contributed by atoms with Crippen molar-refractivity contribution in [1.29, 1.82) is 0 Å². The Morgan fingerprint density at radius 1 is 1.39 bits per heavy atom. The highest BCUT2D eigenvalue weighted by molar-refractivity contribution is 5.77. The first kappa shape index (κ1) is 14.4.